The Bertz CT molecular complexity index is 566. The van der Waals surface area contributed by atoms with Gasteiger partial charge in [-0.15, -0.1) is 11.3 Å². The van der Waals surface area contributed by atoms with Gasteiger partial charge in [0, 0.05) is 13.2 Å². The molecule has 0 spiro atoms. The summed E-state index contributed by atoms with van der Waals surface area (Å²) in [5.74, 6) is -0.681. The molecule has 0 atom stereocenters. The van der Waals surface area contributed by atoms with Crippen molar-refractivity contribution >= 4 is 17.3 Å². The van der Waals surface area contributed by atoms with Crippen molar-refractivity contribution in [3.8, 4) is 10.6 Å². The average molecular weight is 278 g/mol. The second-order valence-electron chi connectivity index (χ2n) is 3.17. The fraction of sp³-hybridized carbons (Fsp3) is 0.222. The topological polar surface area (TPSA) is 50.7 Å². The number of nitrogens with one attached hydrogen (secondary N) is 1. The fourth-order valence-corrected chi connectivity index (χ4v) is 1.95. The molecule has 1 N–H and O–H groups in total. The first-order valence-electron chi connectivity index (χ1n) is 4.65. The molecule has 0 aliphatic rings. The van der Waals surface area contributed by atoms with E-state index in [0.717, 1.165) is 12.4 Å². The van der Waals surface area contributed by atoms with Crippen molar-refractivity contribution in [3.63, 3.8) is 0 Å². The van der Waals surface area contributed by atoms with Gasteiger partial charge in [0.2, 0.25) is 5.95 Å². The Hall–Kier alpha value is -1.77. The smallest absolute Gasteiger partial charge is 0.357 e. The number of nitrogens with zero attached hydrogens (tertiary/aromatic N) is 3. The third-order valence-electron chi connectivity index (χ3n) is 1.95. The second-order valence-corrected chi connectivity index (χ2v) is 4.20. The SMILES string of the molecule is CNc1ncc(F)c(-c2cnc(C(F)(F)F)s2)n1. The number of hydrogen-bond donors (Lipinski definition) is 1. The van der Waals surface area contributed by atoms with Crippen molar-refractivity contribution in [2.45, 2.75) is 6.18 Å². The van der Waals surface area contributed by atoms with Gasteiger partial charge < -0.3 is 5.32 Å². The van der Waals surface area contributed by atoms with Gasteiger partial charge in [-0.05, 0) is 0 Å². The minimum atomic E-state index is -4.54. The minimum absolute atomic E-state index is 0.00118. The van der Waals surface area contributed by atoms with E-state index in [2.05, 4.69) is 20.3 Å². The highest BCUT2D eigenvalue weighted by atomic mass is 32.1. The Morgan fingerprint density at radius 3 is 2.50 bits per heavy atom. The van der Waals surface area contributed by atoms with Gasteiger partial charge in [-0.2, -0.15) is 13.2 Å². The van der Waals surface area contributed by atoms with Crippen molar-refractivity contribution in [3.05, 3.63) is 23.2 Å². The Labute approximate surface area is 103 Å². The van der Waals surface area contributed by atoms with Crippen LogP contribution >= 0.6 is 11.3 Å². The predicted molar refractivity (Wildman–Crippen MR) is 57.6 cm³/mol. The van der Waals surface area contributed by atoms with Gasteiger partial charge in [-0.25, -0.2) is 19.3 Å². The molecular weight excluding hydrogens is 272 g/mol. The maximum atomic E-state index is 13.4. The average Bonchev–Trinajstić information content (AvgIpc) is 2.78. The maximum Gasteiger partial charge on any atom is 0.443 e. The number of thiazole rings is 1. The van der Waals surface area contributed by atoms with Crippen LogP contribution in [0.15, 0.2) is 12.4 Å². The fourth-order valence-electron chi connectivity index (χ4n) is 1.18. The first-order chi connectivity index (χ1) is 8.41. The Morgan fingerprint density at radius 1 is 1.22 bits per heavy atom. The molecule has 0 saturated carbocycles. The normalized spacial score (nSPS) is 11.6. The van der Waals surface area contributed by atoms with Gasteiger partial charge in [-0.3, -0.25) is 0 Å². The van der Waals surface area contributed by atoms with Crippen molar-refractivity contribution in [1.82, 2.24) is 15.0 Å². The molecule has 0 fully saturated rings. The highest BCUT2D eigenvalue weighted by Gasteiger charge is 2.35. The summed E-state index contributed by atoms with van der Waals surface area (Å²) < 4.78 is 50.6. The molecule has 0 unspecified atom stereocenters. The van der Waals surface area contributed by atoms with E-state index in [-0.39, 0.29) is 16.5 Å². The molecule has 0 bridgehead atoms. The van der Waals surface area contributed by atoms with Crippen LogP contribution in [0.25, 0.3) is 10.6 Å². The molecule has 2 aromatic rings. The van der Waals surface area contributed by atoms with Gasteiger partial charge in [0.05, 0.1) is 11.1 Å². The van der Waals surface area contributed by atoms with Crippen LogP contribution in [0.4, 0.5) is 23.5 Å². The maximum absolute atomic E-state index is 13.4. The van der Waals surface area contributed by atoms with E-state index in [9.17, 15) is 17.6 Å². The van der Waals surface area contributed by atoms with E-state index >= 15 is 0 Å². The summed E-state index contributed by atoms with van der Waals surface area (Å²) in [6.45, 7) is 0. The summed E-state index contributed by atoms with van der Waals surface area (Å²) in [5, 5.41) is 1.53. The van der Waals surface area contributed by atoms with Crippen LogP contribution in [0, 0.1) is 5.82 Å². The molecule has 0 aliphatic carbocycles. The standard InChI is InChI=1S/C9H6F4N4S/c1-14-8-16-2-4(10)6(17-8)5-3-15-7(18-5)9(11,12)13/h2-3H,1H3,(H,14,16,17). The lowest BCUT2D eigenvalue weighted by Gasteiger charge is -2.02. The number of rotatable bonds is 2. The van der Waals surface area contributed by atoms with Crippen LogP contribution in [0.3, 0.4) is 0 Å². The summed E-state index contributed by atoms with van der Waals surface area (Å²) in [6.07, 6.45) is -2.71. The number of anilines is 1. The van der Waals surface area contributed by atoms with E-state index in [4.69, 9.17) is 0 Å². The molecule has 96 valence electrons. The monoisotopic (exact) mass is 278 g/mol. The number of alkyl halides is 3. The summed E-state index contributed by atoms with van der Waals surface area (Å²) >= 11 is 0.332. The zero-order chi connectivity index (χ0) is 13.3. The molecule has 2 heterocycles. The van der Waals surface area contributed by atoms with E-state index in [0.29, 0.717) is 11.3 Å². The zero-order valence-corrected chi connectivity index (χ0v) is 9.73. The Morgan fingerprint density at radius 2 is 1.94 bits per heavy atom. The summed E-state index contributed by atoms with van der Waals surface area (Å²) in [6, 6.07) is 0. The molecule has 0 aliphatic heterocycles. The highest BCUT2D eigenvalue weighted by Crippen LogP contribution is 2.36. The predicted octanol–water partition coefficient (Wildman–Crippen LogP) is 2.80. The van der Waals surface area contributed by atoms with E-state index in [1.807, 2.05) is 0 Å². The van der Waals surface area contributed by atoms with Gasteiger partial charge in [0.25, 0.3) is 0 Å². The zero-order valence-electron chi connectivity index (χ0n) is 8.92. The van der Waals surface area contributed by atoms with Crippen LogP contribution < -0.4 is 5.32 Å². The Kier molecular flexibility index (Phi) is 3.16. The lowest BCUT2D eigenvalue weighted by Crippen LogP contribution is -2.02. The van der Waals surface area contributed by atoms with Crippen LogP contribution in [-0.4, -0.2) is 22.0 Å². The third-order valence-corrected chi connectivity index (χ3v) is 3.00. The molecule has 2 rings (SSSR count). The molecule has 18 heavy (non-hydrogen) atoms. The number of aromatic nitrogens is 3. The first kappa shape index (κ1) is 12.7. The second kappa shape index (κ2) is 4.48. The number of hydrogen-bond acceptors (Lipinski definition) is 5. The molecule has 0 aromatic carbocycles. The molecule has 4 nitrogen and oxygen atoms in total. The molecule has 0 radical (unpaired) electrons. The van der Waals surface area contributed by atoms with E-state index < -0.39 is 17.0 Å². The van der Waals surface area contributed by atoms with Gasteiger partial charge in [0.15, 0.2) is 10.8 Å². The molecule has 9 heteroatoms. The van der Waals surface area contributed by atoms with Gasteiger partial charge in [-0.1, -0.05) is 0 Å². The summed E-state index contributed by atoms with van der Waals surface area (Å²) in [5.41, 5.74) is -0.206. The van der Waals surface area contributed by atoms with Crippen LogP contribution in [0.1, 0.15) is 5.01 Å². The highest BCUT2D eigenvalue weighted by molar-refractivity contribution is 7.15. The lowest BCUT2D eigenvalue weighted by atomic mass is 10.3. The van der Waals surface area contributed by atoms with Gasteiger partial charge >= 0.3 is 6.18 Å². The quantitative estimate of drug-likeness (QED) is 0.858. The number of halogens is 4. The third kappa shape index (κ3) is 2.40. The lowest BCUT2D eigenvalue weighted by molar-refractivity contribution is -0.137. The van der Waals surface area contributed by atoms with E-state index in [1.54, 1.807) is 0 Å². The van der Waals surface area contributed by atoms with Crippen LogP contribution in [-0.2, 0) is 6.18 Å². The first-order valence-corrected chi connectivity index (χ1v) is 5.47. The van der Waals surface area contributed by atoms with Crippen LogP contribution in [0.5, 0.6) is 0 Å². The molecule has 0 amide bonds. The molecule has 2 aromatic heterocycles. The largest absolute Gasteiger partial charge is 0.443 e. The van der Waals surface area contributed by atoms with E-state index in [1.165, 1.54) is 7.05 Å². The van der Waals surface area contributed by atoms with Crippen molar-refractivity contribution in [2.75, 3.05) is 12.4 Å². The summed E-state index contributed by atoms with van der Waals surface area (Å²) in [4.78, 5) is 10.6. The Balaban J connectivity index is 2.45. The van der Waals surface area contributed by atoms with Crippen molar-refractivity contribution in [1.29, 1.82) is 0 Å². The van der Waals surface area contributed by atoms with Crippen molar-refractivity contribution in [2.24, 2.45) is 0 Å². The van der Waals surface area contributed by atoms with Crippen LogP contribution in [0.2, 0.25) is 0 Å². The summed E-state index contributed by atoms with van der Waals surface area (Å²) in [7, 11) is 1.52. The van der Waals surface area contributed by atoms with Gasteiger partial charge in [0.1, 0.15) is 5.69 Å². The van der Waals surface area contributed by atoms with Crippen molar-refractivity contribution < 1.29 is 17.6 Å². The molecular formula is C9H6F4N4S. The minimum Gasteiger partial charge on any atom is -0.357 e. The molecule has 0 saturated heterocycles.